The van der Waals surface area contributed by atoms with E-state index < -0.39 is 0 Å². The molecule has 0 spiro atoms. The fourth-order valence-corrected chi connectivity index (χ4v) is 2.06. The van der Waals surface area contributed by atoms with E-state index in [1.165, 1.54) is 0 Å². The van der Waals surface area contributed by atoms with Gasteiger partial charge in [-0.1, -0.05) is 18.2 Å². The SMILES string of the molecule is Cc1cc(I)n(-c2ccccc2)n1. The molecule has 0 aliphatic rings. The van der Waals surface area contributed by atoms with Crippen LogP contribution in [0.1, 0.15) is 5.69 Å². The zero-order valence-electron chi connectivity index (χ0n) is 7.24. The van der Waals surface area contributed by atoms with E-state index >= 15 is 0 Å². The van der Waals surface area contributed by atoms with E-state index in [1.807, 2.05) is 29.8 Å². The molecule has 0 saturated heterocycles. The normalized spacial score (nSPS) is 10.3. The molecular formula is C10H9IN2. The fourth-order valence-electron chi connectivity index (χ4n) is 1.22. The van der Waals surface area contributed by atoms with Crippen LogP contribution in [0.2, 0.25) is 0 Å². The molecule has 0 saturated carbocycles. The third-order valence-corrected chi connectivity index (χ3v) is 2.56. The van der Waals surface area contributed by atoms with Gasteiger partial charge in [-0.05, 0) is 47.7 Å². The lowest BCUT2D eigenvalue weighted by Crippen LogP contribution is -1.97. The van der Waals surface area contributed by atoms with Gasteiger partial charge in [-0.15, -0.1) is 0 Å². The predicted octanol–water partition coefficient (Wildman–Crippen LogP) is 2.79. The molecule has 66 valence electrons. The maximum atomic E-state index is 4.39. The van der Waals surface area contributed by atoms with Crippen molar-refractivity contribution in [3.8, 4) is 5.69 Å². The topological polar surface area (TPSA) is 17.8 Å². The first kappa shape index (κ1) is 8.74. The molecule has 0 N–H and O–H groups in total. The molecule has 0 amide bonds. The highest BCUT2D eigenvalue weighted by Crippen LogP contribution is 2.13. The van der Waals surface area contributed by atoms with Gasteiger partial charge in [0.2, 0.25) is 0 Å². The van der Waals surface area contributed by atoms with Gasteiger partial charge in [0.1, 0.15) is 3.70 Å². The third kappa shape index (κ3) is 1.75. The predicted molar refractivity (Wildman–Crippen MR) is 61.0 cm³/mol. The van der Waals surface area contributed by atoms with E-state index in [-0.39, 0.29) is 0 Å². The van der Waals surface area contributed by atoms with Crippen molar-refractivity contribution in [3.63, 3.8) is 0 Å². The zero-order chi connectivity index (χ0) is 9.26. The molecule has 0 atom stereocenters. The molecule has 1 heterocycles. The summed E-state index contributed by atoms with van der Waals surface area (Å²) in [4.78, 5) is 0. The third-order valence-electron chi connectivity index (χ3n) is 1.79. The maximum absolute atomic E-state index is 4.39. The Morgan fingerprint density at radius 3 is 2.46 bits per heavy atom. The molecule has 0 unspecified atom stereocenters. The molecule has 2 rings (SSSR count). The van der Waals surface area contributed by atoms with Crippen LogP contribution in [0.3, 0.4) is 0 Å². The molecule has 0 aliphatic heterocycles. The molecular weight excluding hydrogens is 275 g/mol. The Hall–Kier alpha value is -0.840. The van der Waals surface area contributed by atoms with Crippen LogP contribution in [0, 0.1) is 10.6 Å². The standard InChI is InChI=1S/C10H9IN2/c1-8-7-10(11)13(12-8)9-5-3-2-4-6-9/h2-7H,1H3. The van der Waals surface area contributed by atoms with Gasteiger partial charge in [0.15, 0.2) is 0 Å². The molecule has 0 aliphatic carbocycles. The zero-order valence-corrected chi connectivity index (χ0v) is 9.39. The number of aromatic nitrogens is 2. The first-order valence-corrected chi connectivity index (χ1v) is 5.13. The molecule has 13 heavy (non-hydrogen) atoms. The minimum absolute atomic E-state index is 1.05. The summed E-state index contributed by atoms with van der Waals surface area (Å²) in [6.07, 6.45) is 0. The lowest BCUT2D eigenvalue weighted by atomic mass is 10.3. The second-order valence-electron chi connectivity index (χ2n) is 2.86. The van der Waals surface area contributed by atoms with Crippen LogP contribution in [0.4, 0.5) is 0 Å². The molecule has 2 aromatic rings. The van der Waals surface area contributed by atoms with Gasteiger partial charge >= 0.3 is 0 Å². The van der Waals surface area contributed by atoms with Gasteiger partial charge in [0.25, 0.3) is 0 Å². The quantitative estimate of drug-likeness (QED) is 0.736. The van der Waals surface area contributed by atoms with Crippen LogP contribution in [0.25, 0.3) is 5.69 Å². The smallest absolute Gasteiger partial charge is 0.105 e. The Kier molecular flexibility index (Phi) is 2.35. The number of halogens is 1. The van der Waals surface area contributed by atoms with Gasteiger partial charge in [-0.3, -0.25) is 0 Å². The number of benzene rings is 1. The molecule has 1 aromatic carbocycles. The Labute approximate surface area is 90.7 Å². The summed E-state index contributed by atoms with van der Waals surface area (Å²) in [5.41, 5.74) is 2.16. The van der Waals surface area contributed by atoms with Gasteiger partial charge in [-0.2, -0.15) is 5.10 Å². The molecule has 0 fully saturated rings. The van der Waals surface area contributed by atoms with Crippen molar-refractivity contribution in [2.45, 2.75) is 6.92 Å². The van der Waals surface area contributed by atoms with Crippen molar-refractivity contribution in [2.24, 2.45) is 0 Å². The second kappa shape index (κ2) is 3.49. The van der Waals surface area contributed by atoms with Crippen LogP contribution in [-0.2, 0) is 0 Å². The Morgan fingerprint density at radius 1 is 1.23 bits per heavy atom. The maximum Gasteiger partial charge on any atom is 0.105 e. The lowest BCUT2D eigenvalue weighted by molar-refractivity contribution is 0.843. The Balaban J connectivity index is 2.53. The number of para-hydroxylation sites is 1. The number of nitrogens with zero attached hydrogens (tertiary/aromatic N) is 2. The van der Waals surface area contributed by atoms with Crippen LogP contribution in [0.15, 0.2) is 36.4 Å². The van der Waals surface area contributed by atoms with E-state index in [0.29, 0.717) is 0 Å². The summed E-state index contributed by atoms with van der Waals surface area (Å²) in [5.74, 6) is 0. The summed E-state index contributed by atoms with van der Waals surface area (Å²) in [6.45, 7) is 2.00. The average Bonchev–Trinajstić information content (AvgIpc) is 2.47. The Morgan fingerprint density at radius 2 is 1.92 bits per heavy atom. The number of aryl methyl sites for hydroxylation is 1. The number of hydrogen-bond donors (Lipinski definition) is 0. The van der Waals surface area contributed by atoms with Crippen molar-refractivity contribution in [1.82, 2.24) is 9.78 Å². The van der Waals surface area contributed by atoms with Crippen molar-refractivity contribution in [3.05, 3.63) is 45.8 Å². The highest BCUT2D eigenvalue weighted by molar-refractivity contribution is 14.1. The minimum Gasteiger partial charge on any atom is -0.227 e. The minimum atomic E-state index is 1.05. The van der Waals surface area contributed by atoms with E-state index in [2.05, 4.69) is 45.9 Å². The molecule has 3 heteroatoms. The highest BCUT2D eigenvalue weighted by Gasteiger charge is 2.02. The first-order valence-electron chi connectivity index (χ1n) is 4.05. The van der Waals surface area contributed by atoms with Crippen molar-refractivity contribution < 1.29 is 0 Å². The van der Waals surface area contributed by atoms with E-state index in [0.717, 1.165) is 15.1 Å². The van der Waals surface area contributed by atoms with Gasteiger partial charge in [-0.25, -0.2) is 4.68 Å². The average molecular weight is 284 g/mol. The van der Waals surface area contributed by atoms with E-state index in [4.69, 9.17) is 0 Å². The summed E-state index contributed by atoms with van der Waals surface area (Å²) >= 11 is 2.29. The summed E-state index contributed by atoms with van der Waals surface area (Å²) in [5, 5.41) is 4.39. The number of rotatable bonds is 1. The highest BCUT2D eigenvalue weighted by atomic mass is 127. The molecule has 1 aromatic heterocycles. The molecule has 0 bridgehead atoms. The van der Waals surface area contributed by atoms with Crippen LogP contribution in [-0.4, -0.2) is 9.78 Å². The van der Waals surface area contributed by atoms with Gasteiger partial charge in [0, 0.05) is 0 Å². The molecule has 0 radical (unpaired) electrons. The second-order valence-corrected chi connectivity index (χ2v) is 3.96. The van der Waals surface area contributed by atoms with Crippen molar-refractivity contribution in [2.75, 3.05) is 0 Å². The first-order chi connectivity index (χ1) is 6.27. The lowest BCUT2D eigenvalue weighted by Gasteiger charge is -2.01. The monoisotopic (exact) mass is 284 g/mol. The summed E-state index contributed by atoms with van der Waals surface area (Å²) in [6, 6.07) is 12.2. The van der Waals surface area contributed by atoms with Crippen LogP contribution < -0.4 is 0 Å². The molecule has 2 nitrogen and oxygen atoms in total. The van der Waals surface area contributed by atoms with Crippen LogP contribution in [0.5, 0.6) is 0 Å². The Bertz CT molecular complexity index is 406. The summed E-state index contributed by atoms with van der Waals surface area (Å²) < 4.78 is 3.08. The van der Waals surface area contributed by atoms with Crippen molar-refractivity contribution in [1.29, 1.82) is 0 Å². The summed E-state index contributed by atoms with van der Waals surface area (Å²) in [7, 11) is 0. The van der Waals surface area contributed by atoms with Gasteiger partial charge in [0.05, 0.1) is 11.4 Å². The fraction of sp³-hybridized carbons (Fsp3) is 0.100. The number of hydrogen-bond acceptors (Lipinski definition) is 1. The van der Waals surface area contributed by atoms with E-state index in [9.17, 15) is 0 Å². The van der Waals surface area contributed by atoms with Crippen LogP contribution >= 0.6 is 22.6 Å². The van der Waals surface area contributed by atoms with E-state index in [1.54, 1.807) is 0 Å². The van der Waals surface area contributed by atoms with Gasteiger partial charge < -0.3 is 0 Å². The largest absolute Gasteiger partial charge is 0.227 e. The van der Waals surface area contributed by atoms with Crippen molar-refractivity contribution >= 4 is 22.6 Å².